The number of halogens is 1. The fourth-order valence-corrected chi connectivity index (χ4v) is 5.86. The van der Waals surface area contributed by atoms with Crippen molar-refractivity contribution in [3.05, 3.63) is 53.7 Å². The third-order valence-corrected chi connectivity index (χ3v) is 9.09. The lowest BCUT2D eigenvalue weighted by molar-refractivity contribution is -0.0207. The molecule has 1 amide bonds. The van der Waals surface area contributed by atoms with Gasteiger partial charge in [-0.15, -0.1) is 0 Å². The van der Waals surface area contributed by atoms with Crippen molar-refractivity contribution in [1.82, 2.24) is 14.9 Å². The molecule has 0 aliphatic carbocycles. The van der Waals surface area contributed by atoms with E-state index >= 15 is 0 Å². The number of aromatic nitrogens is 2. The van der Waals surface area contributed by atoms with Crippen LogP contribution in [0.1, 0.15) is 19.8 Å². The van der Waals surface area contributed by atoms with E-state index in [1.54, 1.807) is 36.3 Å². The maximum absolute atomic E-state index is 12.2. The normalized spacial score (nSPS) is 15.4. The third-order valence-electron chi connectivity index (χ3n) is 7.62. The maximum atomic E-state index is 12.2. The number of likely N-dealkylation sites (tertiary alicyclic amines) is 1. The maximum Gasteiger partial charge on any atom is 0.409 e. The van der Waals surface area contributed by atoms with Crippen molar-refractivity contribution in [2.75, 3.05) is 73.0 Å². The molecule has 2 saturated heterocycles. The van der Waals surface area contributed by atoms with E-state index in [1.165, 1.54) is 17.5 Å². The van der Waals surface area contributed by atoms with Crippen molar-refractivity contribution >= 4 is 62.2 Å². The van der Waals surface area contributed by atoms with Crippen molar-refractivity contribution in [2.45, 2.75) is 19.8 Å². The van der Waals surface area contributed by atoms with Crippen molar-refractivity contribution in [1.29, 1.82) is 0 Å². The zero-order chi connectivity index (χ0) is 30.8. The molecule has 2 fully saturated rings. The molecule has 2 aliphatic rings. The van der Waals surface area contributed by atoms with Gasteiger partial charge in [-0.25, -0.2) is 18.2 Å². The van der Waals surface area contributed by atoms with Crippen LogP contribution in [0.3, 0.4) is 0 Å². The molecule has 12 nitrogen and oxygen atoms in total. The number of carbonyl (C=O) groups excluding carboxylic acids is 1. The number of ether oxygens (including phenoxy) is 2. The van der Waals surface area contributed by atoms with Crippen molar-refractivity contribution in [3.63, 3.8) is 0 Å². The zero-order valence-electron chi connectivity index (χ0n) is 24.6. The number of rotatable bonds is 11. The molecule has 0 atom stereocenters. The standard InChI is InChI=1S/C29H36ClN7O5S/c1-5-6-13-42-28(38)37-18-29(19-37)16-36(17-29)20-11-12-23(25(14-20)41-3)33-27-31-15-21(30)26(34-27)32-22-9-7-8-10-24(22)35(2)43(4,39)40/h7-12,14-15H,5-6,13,16-19H2,1-4H3,(H2,31,32,33,34). The molecule has 0 unspecified atom stereocenters. The summed E-state index contributed by atoms with van der Waals surface area (Å²) in [6, 6.07) is 12.8. The minimum atomic E-state index is -3.48. The lowest BCUT2D eigenvalue weighted by atomic mass is 9.73. The smallest absolute Gasteiger partial charge is 0.409 e. The van der Waals surface area contributed by atoms with Gasteiger partial charge in [-0.1, -0.05) is 37.1 Å². The van der Waals surface area contributed by atoms with Gasteiger partial charge < -0.3 is 29.9 Å². The topological polar surface area (TPSA) is 129 Å². The molecule has 0 radical (unpaired) electrons. The molecule has 3 aromatic rings. The van der Waals surface area contributed by atoms with Crippen LogP contribution in [-0.4, -0.2) is 82.6 Å². The van der Waals surface area contributed by atoms with E-state index in [1.807, 2.05) is 18.2 Å². The molecule has 2 aliphatic heterocycles. The van der Waals surface area contributed by atoms with Gasteiger partial charge in [0.1, 0.15) is 10.8 Å². The summed E-state index contributed by atoms with van der Waals surface area (Å²) in [4.78, 5) is 25.1. The minimum Gasteiger partial charge on any atom is -0.494 e. The van der Waals surface area contributed by atoms with E-state index in [9.17, 15) is 13.2 Å². The van der Waals surface area contributed by atoms with Crippen LogP contribution in [0.4, 0.5) is 39.3 Å². The summed E-state index contributed by atoms with van der Waals surface area (Å²) in [7, 11) is -0.406. The summed E-state index contributed by atoms with van der Waals surface area (Å²) in [6.07, 6.45) is 4.26. The quantitative estimate of drug-likeness (QED) is 0.277. The molecular formula is C29H36ClN7O5S. The van der Waals surface area contributed by atoms with E-state index < -0.39 is 10.0 Å². The van der Waals surface area contributed by atoms with Gasteiger partial charge in [0, 0.05) is 50.4 Å². The second kappa shape index (κ2) is 12.3. The third kappa shape index (κ3) is 6.67. The van der Waals surface area contributed by atoms with Crippen LogP contribution in [0, 0.1) is 5.41 Å². The van der Waals surface area contributed by atoms with Crippen LogP contribution < -0.4 is 24.6 Å². The van der Waals surface area contributed by atoms with Gasteiger partial charge >= 0.3 is 6.09 Å². The summed E-state index contributed by atoms with van der Waals surface area (Å²) in [5.41, 5.74) is 2.75. The first-order valence-corrected chi connectivity index (χ1v) is 16.2. The van der Waals surface area contributed by atoms with Crippen molar-refractivity contribution in [2.24, 2.45) is 5.41 Å². The molecule has 43 heavy (non-hydrogen) atoms. The number of para-hydroxylation sites is 2. The van der Waals surface area contributed by atoms with Gasteiger partial charge in [-0.3, -0.25) is 4.31 Å². The summed E-state index contributed by atoms with van der Waals surface area (Å²) in [6.45, 7) is 5.68. The van der Waals surface area contributed by atoms with Crippen LogP contribution in [0.5, 0.6) is 5.75 Å². The number of benzene rings is 2. The number of hydrogen-bond donors (Lipinski definition) is 2. The number of carbonyl (C=O) groups is 1. The molecule has 230 valence electrons. The molecule has 0 saturated carbocycles. The summed E-state index contributed by atoms with van der Waals surface area (Å²) >= 11 is 6.40. The number of methoxy groups -OCH3 is 1. The first kappa shape index (κ1) is 30.5. The molecule has 2 aromatic carbocycles. The van der Waals surface area contributed by atoms with Gasteiger partial charge in [-0.2, -0.15) is 4.98 Å². The number of hydrogen-bond acceptors (Lipinski definition) is 10. The Morgan fingerprint density at radius 2 is 1.86 bits per heavy atom. The van der Waals surface area contributed by atoms with Crippen LogP contribution in [-0.2, 0) is 14.8 Å². The van der Waals surface area contributed by atoms with Crippen molar-refractivity contribution in [3.8, 4) is 5.75 Å². The average Bonchev–Trinajstić information content (AvgIpc) is 2.93. The molecule has 1 aromatic heterocycles. The average molecular weight is 630 g/mol. The van der Waals surface area contributed by atoms with Gasteiger partial charge in [0.05, 0.1) is 43.2 Å². The first-order valence-electron chi connectivity index (χ1n) is 14.0. The Labute approximate surface area is 257 Å². The molecule has 1 spiro atoms. The second-order valence-electron chi connectivity index (χ2n) is 11.0. The Balaban J connectivity index is 1.24. The molecule has 5 rings (SSSR count). The number of nitrogens with one attached hydrogen (secondary N) is 2. The van der Waals surface area contributed by atoms with E-state index in [-0.39, 0.29) is 22.5 Å². The second-order valence-corrected chi connectivity index (χ2v) is 13.4. The van der Waals surface area contributed by atoms with E-state index in [2.05, 4.69) is 32.4 Å². The number of anilines is 6. The Kier molecular flexibility index (Phi) is 8.74. The molecule has 0 bridgehead atoms. The van der Waals surface area contributed by atoms with Gasteiger partial charge in [0.25, 0.3) is 0 Å². The highest BCUT2D eigenvalue weighted by molar-refractivity contribution is 7.92. The van der Waals surface area contributed by atoms with E-state index in [0.717, 1.165) is 37.9 Å². The highest BCUT2D eigenvalue weighted by Crippen LogP contribution is 2.44. The number of unbranched alkanes of at least 4 members (excludes halogenated alkanes) is 1. The van der Waals surface area contributed by atoms with Crippen LogP contribution in [0.2, 0.25) is 5.02 Å². The first-order chi connectivity index (χ1) is 20.5. The predicted molar refractivity (Wildman–Crippen MR) is 169 cm³/mol. The highest BCUT2D eigenvalue weighted by Gasteiger charge is 2.53. The van der Waals surface area contributed by atoms with Crippen LogP contribution in [0.25, 0.3) is 0 Å². The summed E-state index contributed by atoms with van der Waals surface area (Å²) in [5.74, 6) is 1.19. The van der Waals surface area contributed by atoms with Gasteiger partial charge in [0.2, 0.25) is 16.0 Å². The number of amides is 1. The fraction of sp³-hybridized carbons (Fsp3) is 0.414. The Hall–Kier alpha value is -3.97. The zero-order valence-corrected chi connectivity index (χ0v) is 26.2. The molecule has 14 heteroatoms. The monoisotopic (exact) mass is 629 g/mol. The number of sulfonamides is 1. The highest BCUT2D eigenvalue weighted by atomic mass is 35.5. The van der Waals surface area contributed by atoms with E-state index in [4.69, 9.17) is 21.1 Å². The van der Waals surface area contributed by atoms with Crippen molar-refractivity contribution < 1.29 is 22.7 Å². The Bertz CT molecular complexity index is 1590. The van der Waals surface area contributed by atoms with E-state index in [0.29, 0.717) is 48.3 Å². The van der Waals surface area contributed by atoms with Crippen LogP contribution >= 0.6 is 11.6 Å². The minimum absolute atomic E-state index is 0.114. The Morgan fingerprint density at radius 1 is 1.12 bits per heavy atom. The largest absolute Gasteiger partial charge is 0.494 e. The predicted octanol–water partition coefficient (Wildman–Crippen LogP) is 5.08. The SMILES string of the molecule is CCCCOC(=O)N1CC2(C1)CN(c1ccc(Nc3ncc(Cl)c(Nc4ccccc4N(C)S(C)(=O)=O)n3)c(OC)c1)C2. The lowest BCUT2D eigenvalue weighted by Gasteiger charge is -2.60. The number of nitrogens with zero attached hydrogens (tertiary/aromatic N) is 5. The molecule has 3 heterocycles. The lowest BCUT2D eigenvalue weighted by Crippen LogP contribution is -2.73. The molecular weight excluding hydrogens is 594 g/mol. The fourth-order valence-electron chi connectivity index (χ4n) is 5.21. The van der Waals surface area contributed by atoms with Gasteiger partial charge in [-0.05, 0) is 30.7 Å². The summed E-state index contributed by atoms with van der Waals surface area (Å²) < 4.78 is 36.5. The Morgan fingerprint density at radius 3 is 2.56 bits per heavy atom. The summed E-state index contributed by atoms with van der Waals surface area (Å²) in [5, 5.41) is 6.58. The van der Waals surface area contributed by atoms with Gasteiger partial charge in [0.15, 0.2) is 5.82 Å². The van der Waals surface area contributed by atoms with Crippen LogP contribution in [0.15, 0.2) is 48.7 Å². The molecule has 2 N–H and O–H groups in total.